The van der Waals surface area contributed by atoms with Crippen LogP contribution in [-0.2, 0) is 16.1 Å². The molecule has 0 saturated carbocycles. The van der Waals surface area contributed by atoms with E-state index in [0.717, 1.165) is 38.2 Å². The SMILES string of the molecule is Cc1ncsc1CN1CCCC2(C1)CN(c1cccc(F)c1)C(=O)CO2. The van der Waals surface area contributed by atoms with E-state index in [9.17, 15) is 9.18 Å². The van der Waals surface area contributed by atoms with Gasteiger partial charge in [-0.2, -0.15) is 0 Å². The van der Waals surface area contributed by atoms with E-state index in [1.165, 1.54) is 17.0 Å². The van der Waals surface area contributed by atoms with Gasteiger partial charge >= 0.3 is 0 Å². The van der Waals surface area contributed by atoms with Crippen LogP contribution in [0.1, 0.15) is 23.4 Å². The lowest BCUT2D eigenvalue weighted by Crippen LogP contribution is -2.61. The van der Waals surface area contributed by atoms with Crippen LogP contribution in [0.4, 0.5) is 10.1 Å². The highest BCUT2D eigenvalue weighted by atomic mass is 32.1. The average Bonchev–Trinajstić information content (AvgIpc) is 3.02. The van der Waals surface area contributed by atoms with Crippen LogP contribution < -0.4 is 4.90 Å². The Balaban J connectivity index is 1.52. The van der Waals surface area contributed by atoms with Gasteiger partial charge in [0.15, 0.2) is 0 Å². The monoisotopic (exact) mass is 375 g/mol. The van der Waals surface area contributed by atoms with Crippen LogP contribution in [0.3, 0.4) is 0 Å². The van der Waals surface area contributed by atoms with Crippen LogP contribution in [0.5, 0.6) is 0 Å². The standard InChI is InChI=1S/C19H22FN3O2S/c1-14-17(26-13-21-14)9-22-7-3-6-19(11-22)12-23(18(24)10-25-19)16-5-2-4-15(20)8-16/h2,4-5,8,13H,3,6-7,9-12H2,1H3. The van der Waals surface area contributed by atoms with Gasteiger partial charge in [0, 0.05) is 23.7 Å². The second kappa shape index (κ2) is 7.06. The van der Waals surface area contributed by atoms with Crippen molar-refractivity contribution in [3.05, 3.63) is 46.2 Å². The number of aromatic nitrogens is 1. The third kappa shape index (κ3) is 3.51. The van der Waals surface area contributed by atoms with Gasteiger partial charge < -0.3 is 9.64 Å². The second-order valence-electron chi connectivity index (χ2n) is 7.11. The maximum Gasteiger partial charge on any atom is 0.253 e. The number of benzene rings is 1. The zero-order chi connectivity index (χ0) is 18.1. The van der Waals surface area contributed by atoms with Crippen molar-refractivity contribution in [2.75, 3.05) is 31.1 Å². The summed E-state index contributed by atoms with van der Waals surface area (Å²) in [5.74, 6) is -0.446. The molecule has 0 bridgehead atoms. The summed E-state index contributed by atoms with van der Waals surface area (Å²) >= 11 is 1.68. The molecule has 2 aliphatic rings. The van der Waals surface area contributed by atoms with Crippen molar-refractivity contribution >= 4 is 22.9 Å². The Bertz CT molecular complexity index is 812. The van der Waals surface area contributed by atoms with Gasteiger partial charge in [-0.25, -0.2) is 9.37 Å². The number of morpholine rings is 1. The molecule has 2 saturated heterocycles. The first-order valence-electron chi connectivity index (χ1n) is 8.86. The lowest BCUT2D eigenvalue weighted by Gasteiger charge is -2.47. The molecule has 2 aliphatic heterocycles. The van der Waals surface area contributed by atoms with Crippen LogP contribution in [-0.4, -0.2) is 47.6 Å². The lowest BCUT2D eigenvalue weighted by atomic mass is 9.90. The summed E-state index contributed by atoms with van der Waals surface area (Å²) in [6.45, 7) is 5.18. The number of aryl methyl sites for hydroxylation is 1. The third-order valence-corrected chi connectivity index (χ3v) is 6.12. The molecule has 0 N–H and O–H groups in total. The van der Waals surface area contributed by atoms with Crippen LogP contribution in [0.2, 0.25) is 0 Å². The molecule has 1 aromatic carbocycles. The van der Waals surface area contributed by atoms with E-state index < -0.39 is 5.60 Å². The summed E-state index contributed by atoms with van der Waals surface area (Å²) in [4.78, 5) is 22.0. The number of nitrogens with zero attached hydrogens (tertiary/aromatic N) is 3. The van der Waals surface area contributed by atoms with Crippen LogP contribution >= 0.6 is 11.3 Å². The molecule has 1 amide bonds. The molecule has 26 heavy (non-hydrogen) atoms. The van der Waals surface area contributed by atoms with E-state index in [0.29, 0.717) is 12.2 Å². The predicted molar refractivity (Wildman–Crippen MR) is 98.8 cm³/mol. The topological polar surface area (TPSA) is 45.7 Å². The summed E-state index contributed by atoms with van der Waals surface area (Å²) < 4.78 is 19.7. The third-order valence-electron chi connectivity index (χ3n) is 5.20. The van der Waals surface area contributed by atoms with Crippen molar-refractivity contribution < 1.29 is 13.9 Å². The molecule has 2 fully saturated rings. The van der Waals surface area contributed by atoms with Gasteiger partial charge in [-0.1, -0.05) is 6.07 Å². The van der Waals surface area contributed by atoms with Gasteiger partial charge in [-0.15, -0.1) is 11.3 Å². The van der Waals surface area contributed by atoms with Crippen molar-refractivity contribution in [2.45, 2.75) is 31.9 Å². The van der Waals surface area contributed by atoms with Crippen molar-refractivity contribution in [2.24, 2.45) is 0 Å². The van der Waals surface area contributed by atoms with E-state index in [1.54, 1.807) is 28.4 Å². The number of halogens is 1. The molecule has 5 nitrogen and oxygen atoms in total. The van der Waals surface area contributed by atoms with E-state index in [-0.39, 0.29) is 18.3 Å². The molecule has 0 radical (unpaired) electrons. The van der Waals surface area contributed by atoms with Crippen LogP contribution in [0.25, 0.3) is 0 Å². The van der Waals surface area contributed by atoms with Crippen molar-refractivity contribution in [3.8, 4) is 0 Å². The van der Waals surface area contributed by atoms with E-state index in [1.807, 2.05) is 12.4 Å². The highest BCUT2D eigenvalue weighted by molar-refractivity contribution is 7.09. The Hall–Kier alpha value is -1.83. The molecule has 0 aliphatic carbocycles. The number of rotatable bonds is 3. The summed E-state index contributed by atoms with van der Waals surface area (Å²) in [7, 11) is 0. The van der Waals surface area contributed by atoms with Gasteiger partial charge in [0.1, 0.15) is 12.4 Å². The second-order valence-corrected chi connectivity index (χ2v) is 8.05. The van der Waals surface area contributed by atoms with Crippen LogP contribution in [0, 0.1) is 12.7 Å². The number of thiazole rings is 1. The highest BCUT2D eigenvalue weighted by Crippen LogP contribution is 2.33. The number of likely N-dealkylation sites (tertiary alicyclic amines) is 1. The number of carbonyl (C=O) groups is 1. The lowest BCUT2D eigenvalue weighted by molar-refractivity contribution is -0.146. The molecule has 3 heterocycles. The highest BCUT2D eigenvalue weighted by Gasteiger charge is 2.43. The Morgan fingerprint density at radius 3 is 3.04 bits per heavy atom. The normalized spacial score (nSPS) is 24.4. The Morgan fingerprint density at radius 2 is 2.27 bits per heavy atom. The van der Waals surface area contributed by atoms with E-state index in [4.69, 9.17) is 4.74 Å². The molecule has 1 aromatic heterocycles. The number of hydrogen-bond acceptors (Lipinski definition) is 5. The summed E-state index contributed by atoms with van der Waals surface area (Å²) in [5, 5.41) is 0. The number of piperidine rings is 1. The minimum atomic E-state index is -0.392. The Kier molecular flexibility index (Phi) is 4.77. The summed E-state index contributed by atoms with van der Waals surface area (Å²) in [6, 6.07) is 6.23. The number of anilines is 1. The first-order valence-corrected chi connectivity index (χ1v) is 9.74. The van der Waals surface area contributed by atoms with Crippen LogP contribution in [0.15, 0.2) is 29.8 Å². The molecule has 1 unspecified atom stereocenters. The Labute approximate surface area is 156 Å². The predicted octanol–water partition coefficient (Wildman–Crippen LogP) is 2.99. The molecule has 7 heteroatoms. The maximum atomic E-state index is 13.6. The molecular formula is C19H22FN3O2S. The molecule has 138 valence electrons. The fourth-order valence-electron chi connectivity index (χ4n) is 3.85. The molecule has 1 spiro atoms. The molecule has 4 rings (SSSR count). The van der Waals surface area contributed by atoms with Gasteiger partial charge in [0.25, 0.3) is 5.91 Å². The smallest absolute Gasteiger partial charge is 0.253 e. The molecule has 1 atom stereocenters. The van der Waals surface area contributed by atoms with Gasteiger partial charge in [-0.05, 0) is 44.5 Å². The summed E-state index contributed by atoms with van der Waals surface area (Å²) in [5.41, 5.74) is 3.17. The van der Waals surface area contributed by atoms with Gasteiger partial charge in [0.05, 0.1) is 23.4 Å². The average molecular weight is 375 g/mol. The minimum Gasteiger partial charge on any atom is -0.362 e. The minimum absolute atomic E-state index is 0.0456. The van der Waals surface area contributed by atoms with E-state index >= 15 is 0 Å². The van der Waals surface area contributed by atoms with Gasteiger partial charge in [-0.3, -0.25) is 9.69 Å². The quantitative estimate of drug-likeness (QED) is 0.827. The number of carbonyl (C=O) groups excluding carboxylic acids is 1. The number of amides is 1. The van der Waals surface area contributed by atoms with Crippen molar-refractivity contribution in [1.29, 1.82) is 0 Å². The molecule has 2 aromatic rings. The van der Waals surface area contributed by atoms with Crippen molar-refractivity contribution in [1.82, 2.24) is 9.88 Å². The maximum absolute atomic E-state index is 13.6. The van der Waals surface area contributed by atoms with E-state index in [2.05, 4.69) is 9.88 Å². The zero-order valence-corrected chi connectivity index (χ0v) is 15.6. The number of hydrogen-bond donors (Lipinski definition) is 0. The first kappa shape index (κ1) is 17.6. The van der Waals surface area contributed by atoms with Crippen molar-refractivity contribution in [3.63, 3.8) is 0 Å². The fraction of sp³-hybridized carbons (Fsp3) is 0.474. The fourth-order valence-corrected chi connectivity index (χ4v) is 4.67. The molecular weight excluding hydrogens is 353 g/mol. The summed E-state index contributed by atoms with van der Waals surface area (Å²) in [6.07, 6.45) is 1.92. The van der Waals surface area contributed by atoms with Gasteiger partial charge in [0.2, 0.25) is 0 Å². The zero-order valence-electron chi connectivity index (χ0n) is 14.8. The largest absolute Gasteiger partial charge is 0.362 e. The first-order chi connectivity index (χ1) is 12.5. The Morgan fingerprint density at radius 1 is 1.38 bits per heavy atom. The number of ether oxygens (including phenoxy) is 1.